The SMILES string of the molecule is COCCc1ccc(OCC(O)CNCCC(=O)c2ccc(O)cc2)cc1. The number of aliphatic hydroxyl groups excluding tert-OH is 1. The molecule has 27 heavy (non-hydrogen) atoms. The van der Waals surface area contributed by atoms with Crippen LogP contribution < -0.4 is 10.1 Å². The number of ether oxygens (including phenoxy) is 2. The van der Waals surface area contributed by atoms with Gasteiger partial charge >= 0.3 is 0 Å². The van der Waals surface area contributed by atoms with Crippen LogP contribution in [0.15, 0.2) is 48.5 Å². The third-order valence-electron chi connectivity index (χ3n) is 4.06. The maximum atomic E-state index is 12.0. The summed E-state index contributed by atoms with van der Waals surface area (Å²) in [6, 6.07) is 13.9. The van der Waals surface area contributed by atoms with Gasteiger partial charge in [0.15, 0.2) is 5.78 Å². The van der Waals surface area contributed by atoms with Gasteiger partial charge < -0.3 is 25.0 Å². The molecule has 0 radical (unpaired) electrons. The molecule has 0 aromatic heterocycles. The van der Waals surface area contributed by atoms with Crippen molar-refractivity contribution in [3.05, 3.63) is 59.7 Å². The average Bonchev–Trinajstić information content (AvgIpc) is 2.69. The highest BCUT2D eigenvalue weighted by Gasteiger charge is 2.08. The molecular formula is C21H27NO5. The number of benzene rings is 2. The largest absolute Gasteiger partial charge is 0.508 e. The number of methoxy groups -OCH3 is 1. The van der Waals surface area contributed by atoms with E-state index >= 15 is 0 Å². The molecule has 0 saturated heterocycles. The van der Waals surface area contributed by atoms with Crippen molar-refractivity contribution in [2.45, 2.75) is 18.9 Å². The second-order valence-corrected chi connectivity index (χ2v) is 6.28. The highest BCUT2D eigenvalue weighted by molar-refractivity contribution is 5.96. The molecule has 0 amide bonds. The number of carbonyl (C=O) groups is 1. The van der Waals surface area contributed by atoms with Crippen molar-refractivity contribution in [3.8, 4) is 11.5 Å². The lowest BCUT2D eigenvalue weighted by molar-refractivity contribution is 0.0963. The zero-order valence-electron chi connectivity index (χ0n) is 15.6. The average molecular weight is 373 g/mol. The first kappa shape index (κ1) is 20.9. The number of aliphatic hydroxyl groups is 1. The molecule has 0 aliphatic rings. The van der Waals surface area contributed by atoms with Gasteiger partial charge in [0, 0.05) is 32.2 Å². The lowest BCUT2D eigenvalue weighted by Crippen LogP contribution is -2.32. The summed E-state index contributed by atoms with van der Waals surface area (Å²) in [5.41, 5.74) is 1.73. The van der Waals surface area contributed by atoms with Crippen LogP contribution in [0.1, 0.15) is 22.3 Å². The van der Waals surface area contributed by atoms with Crippen molar-refractivity contribution in [2.24, 2.45) is 0 Å². The Kier molecular flexibility index (Phi) is 8.77. The molecule has 1 atom stereocenters. The molecule has 0 fully saturated rings. The Bertz CT molecular complexity index is 685. The molecule has 0 saturated carbocycles. The van der Waals surface area contributed by atoms with Crippen LogP contribution in [0.2, 0.25) is 0 Å². The minimum absolute atomic E-state index is 0.0122. The summed E-state index contributed by atoms with van der Waals surface area (Å²) in [4.78, 5) is 12.0. The molecule has 0 spiro atoms. The molecule has 2 rings (SSSR count). The fourth-order valence-corrected chi connectivity index (χ4v) is 2.49. The number of carbonyl (C=O) groups excluding carboxylic acids is 1. The van der Waals surface area contributed by atoms with Crippen LogP contribution in [0.5, 0.6) is 11.5 Å². The number of rotatable bonds is 12. The molecular weight excluding hydrogens is 346 g/mol. The van der Waals surface area contributed by atoms with Crippen LogP contribution in [-0.2, 0) is 11.2 Å². The molecule has 0 aliphatic heterocycles. The van der Waals surface area contributed by atoms with Crippen molar-refractivity contribution in [1.82, 2.24) is 5.32 Å². The molecule has 0 aliphatic carbocycles. The van der Waals surface area contributed by atoms with Crippen LogP contribution in [-0.4, -0.2) is 55.5 Å². The van der Waals surface area contributed by atoms with E-state index in [0.717, 1.165) is 6.42 Å². The van der Waals surface area contributed by atoms with E-state index in [0.29, 0.717) is 37.4 Å². The number of Topliss-reactive ketones (excluding diaryl/α,β-unsaturated/α-hetero) is 1. The molecule has 6 nitrogen and oxygen atoms in total. The summed E-state index contributed by atoms with van der Waals surface area (Å²) in [7, 11) is 1.68. The first-order valence-electron chi connectivity index (χ1n) is 9.00. The molecule has 1 unspecified atom stereocenters. The monoisotopic (exact) mass is 373 g/mol. The molecule has 6 heteroatoms. The minimum atomic E-state index is -0.665. The van der Waals surface area contributed by atoms with Crippen LogP contribution >= 0.6 is 0 Å². The first-order valence-corrected chi connectivity index (χ1v) is 9.00. The molecule has 146 valence electrons. The van der Waals surface area contributed by atoms with E-state index in [1.54, 1.807) is 19.2 Å². The van der Waals surface area contributed by atoms with Gasteiger partial charge in [-0.25, -0.2) is 0 Å². The van der Waals surface area contributed by atoms with E-state index in [9.17, 15) is 15.0 Å². The lowest BCUT2D eigenvalue weighted by atomic mass is 10.1. The number of hydrogen-bond acceptors (Lipinski definition) is 6. The Morgan fingerprint density at radius 1 is 1.11 bits per heavy atom. The Balaban J connectivity index is 1.61. The van der Waals surface area contributed by atoms with Crippen LogP contribution in [0.3, 0.4) is 0 Å². The lowest BCUT2D eigenvalue weighted by Gasteiger charge is -2.13. The van der Waals surface area contributed by atoms with Crippen molar-refractivity contribution in [3.63, 3.8) is 0 Å². The fourth-order valence-electron chi connectivity index (χ4n) is 2.49. The number of hydrogen-bond donors (Lipinski definition) is 3. The number of phenolic OH excluding ortho intramolecular Hbond substituents is 1. The van der Waals surface area contributed by atoms with E-state index in [4.69, 9.17) is 9.47 Å². The molecule has 0 heterocycles. The summed E-state index contributed by atoms with van der Waals surface area (Å²) >= 11 is 0. The van der Waals surface area contributed by atoms with Crippen LogP contribution in [0, 0.1) is 0 Å². The molecule has 2 aromatic carbocycles. The van der Waals surface area contributed by atoms with Gasteiger partial charge in [0.25, 0.3) is 0 Å². The standard InChI is InChI=1S/C21H27NO5/c1-26-13-11-16-2-8-20(9-3-16)27-15-19(24)14-22-12-10-21(25)17-4-6-18(23)7-5-17/h2-9,19,22-24H,10-15H2,1H3. The maximum Gasteiger partial charge on any atom is 0.164 e. The van der Waals surface area contributed by atoms with Gasteiger partial charge in [0.05, 0.1) is 6.61 Å². The third-order valence-corrected chi connectivity index (χ3v) is 4.06. The summed E-state index contributed by atoms with van der Waals surface area (Å²) in [6.07, 6.45) is 0.509. The summed E-state index contributed by atoms with van der Waals surface area (Å²) < 4.78 is 10.6. The summed E-state index contributed by atoms with van der Waals surface area (Å²) in [5, 5.41) is 22.3. The van der Waals surface area contributed by atoms with E-state index < -0.39 is 6.10 Å². The Hall–Kier alpha value is -2.41. The first-order chi connectivity index (χ1) is 13.1. The number of ketones is 1. The van der Waals surface area contributed by atoms with Gasteiger partial charge in [-0.15, -0.1) is 0 Å². The predicted molar refractivity (Wildman–Crippen MR) is 103 cm³/mol. The van der Waals surface area contributed by atoms with Crippen LogP contribution in [0.4, 0.5) is 0 Å². The molecule has 3 N–H and O–H groups in total. The zero-order valence-corrected chi connectivity index (χ0v) is 15.6. The fraction of sp³-hybridized carbons (Fsp3) is 0.381. The maximum absolute atomic E-state index is 12.0. The van der Waals surface area contributed by atoms with Gasteiger partial charge in [0.1, 0.15) is 24.2 Å². The normalized spacial score (nSPS) is 11.9. The van der Waals surface area contributed by atoms with Crippen molar-refractivity contribution < 1.29 is 24.5 Å². The second kappa shape index (κ2) is 11.3. The molecule has 0 bridgehead atoms. The van der Waals surface area contributed by atoms with Gasteiger partial charge in [-0.1, -0.05) is 12.1 Å². The highest BCUT2D eigenvalue weighted by atomic mass is 16.5. The second-order valence-electron chi connectivity index (χ2n) is 6.28. The Morgan fingerprint density at radius 3 is 2.48 bits per heavy atom. The highest BCUT2D eigenvalue weighted by Crippen LogP contribution is 2.13. The quantitative estimate of drug-likeness (QED) is 0.390. The van der Waals surface area contributed by atoms with Gasteiger partial charge in [-0.3, -0.25) is 4.79 Å². The smallest absolute Gasteiger partial charge is 0.164 e. The predicted octanol–water partition coefficient (Wildman–Crippen LogP) is 2.18. The number of aromatic hydroxyl groups is 1. The summed E-state index contributed by atoms with van der Waals surface area (Å²) in [5.74, 6) is 0.831. The van der Waals surface area contributed by atoms with Gasteiger partial charge in [-0.05, 0) is 48.4 Å². The number of phenols is 1. The Labute approximate surface area is 159 Å². The van der Waals surface area contributed by atoms with Crippen molar-refractivity contribution >= 4 is 5.78 Å². The van der Waals surface area contributed by atoms with E-state index in [2.05, 4.69) is 5.32 Å². The van der Waals surface area contributed by atoms with E-state index in [1.165, 1.54) is 17.7 Å². The molecule has 2 aromatic rings. The number of nitrogens with one attached hydrogen (secondary N) is 1. The van der Waals surface area contributed by atoms with E-state index in [1.807, 2.05) is 24.3 Å². The van der Waals surface area contributed by atoms with Crippen molar-refractivity contribution in [2.75, 3.05) is 33.4 Å². The van der Waals surface area contributed by atoms with E-state index in [-0.39, 0.29) is 18.1 Å². The summed E-state index contributed by atoms with van der Waals surface area (Å²) in [6.45, 7) is 1.66. The minimum Gasteiger partial charge on any atom is -0.508 e. The van der Waals surface area contributed by atoms with Crippen molar-refractivity contribution in [1.29, 1.82) is 0 Å². The zero-order chi connectivity index (χ0) is 19.5. The van der Waals surface area contributed by atoms with Crippen LogP contribution in [0.25, 0.3) is 0 Å². The Morgan fingerprint density at radius 2 is 1.81 bits per heavy atom. The third kappa shape index (κ3) is 7.78. The van der Waals surface area contributed by atoms with Gasteiger partial charge in [-0.2, -0.15) is 0 Å². The van der Waals surface area contributed by atoms with Gasteiger partial charge in [0.2, 0.25) is 0 Å². The topological polar surface area (TPSA) is 88.0 Å².